The van der Waals surface area contributed by atoms with E-state index in [-0.39, 0.29) is 5.91 Å². The third-order valence-electron chi connectivity index (χ3n) is 3.37. The maximum Gasteiger partial charge on any atom is 0.280 e. The standard InChI is InChI=1S/C17H15ClN4O/c1-11-4-3-5-14(19-11)15-10-22(2)17(20-15)21-16(23)12-6-8-13(18)9-7-12/h3-10H,1-2H3,(H,20,21,23). The Bertz CT molecular complexity index is 922. The second-order valence-corrected chi connectivity index (χ2v) is 5.63. The van der Waals surface area contributed by atoms with Gasteiger partial charge in [0.1, 0.15) is 0 Å². The first-order valence-electron chi connectivity index (χ1n) is 7.07. The SMILES string of the molecule is Cc1cccc(-c2cn(C)/c(=N/C(=O)c3ccc(Cl)cc3)[nH]2)n1. The van der Waals surface area contributed by atoms with E-state index in [1.807, 2.05) is 38.4 Å². The molecule has 2 heterocycles. The fraction of sp³-hybridized carbons (Fsp3) is 0.118. The third kappa shape index (κ3) is 3.40. The Kier molecular flexibility index (Phi) is 4.12. The monoisotopic (exact) mass is 326 g/mol. The molecular formula is C17H15ClN4O. The van der Waals surface area contributed by atoms with Crippen LogP contribution in [0.2, 0.25) is 5.02 Å². The van der Waals surface area contributed by atoms with Crippen molar-refractivity contribution in [2.45, 2.75) is 6.92 Å². The van der Waals surface area contributed by atoms with Crippen LogP contribution in [0.5, 0.6) is 0 Å². The Labute approximate surface area is 138 Å². The molecule has 3 aromatic rings. The van der Waals surface area contributed by atoms with E-state index in [1.165, 1.54) is 0 Å². The zero-order valence-electron chi connectivity index (χ0n) is 12.7. The number of rotatable bonds is 2. The highest BCUT2D eigenvalue weighted by Crippen LogP contribution is 2.13. The molecule has 1 amide bonds. The number of nitrogens with one attached hydrogen (secondary N) is 1. The van der Waals surface area contributed by atoms with Crippen LogP contribution < -0.4 is 5.62 Å². The average molecular weight is 327 g/mol. The Morgan fingerprint density at radius 2 is 1.96 bits per heavy atom. The summed E-state index contributed by atoms with van der Waals surface area (Å²) in [5.41, 5.74) is 3.48. The lowest BCUT2D eigenvalue weighted by molar-refractivity contribution is 0.0996. The summed E-state index contributed by atoms with van der Waals surface area (Å²) in [6, 6.07) is 12.4. The van der Waals surface area contributed by atoms with Crippen LogP contribution in [0.4, 0.5) is 0 Å². The van der Waals surface area contributed by atoms with Gasteiger partial charge in [0.2, 0.25) is 5.62 Å². The van der Waals surface area contributed by atoms with E-state index < -0.39 is 0 Å². The predicted octanol–water partition coefficient (Wildman–Crippen LogP) is 3.12. The number of H-pyrrole nitrogens is 1. The summed E-state index contributed by atoms with van der Waals surface area (Å²) in [6.45, 7) is 1.93. The first-order valence-corrected chi connectivity index (χ1v) is 7.45. The molecule has 0 aliphatic heterocycles. The third-order valence-corrected chi connectivity index (χ3v) is 3.62. The number of carbonyl (C=O) groups excluding carboxylic acids is 1. The lowest BCUT2D eigenvalue weighted by Crippen LogP contribution is -2.17. The summed E-state index contributed by atoms with van der Waals surface area (Å²) in [7, 11) is 1.82. The van der Waals surface area contributed by atoms with Gasteiger partial charge < -0.3 is 9.55 Å². The largest absolute Gasteiger partial charge is 0.322 e. The minimum Gasteiger partial charge on any atom is -0.322 e. The molecule has 0 atom stereocenters. The van der Waals surface area contributed by atoms with E-state index in [0.717, 1.165) is 17.1 Å². The molecule has 2 aromatic heterocycles. The Morgan fingerprint density at radius 3 is 2.65 bits per heavy atom. The van der Waals surface area contributed by atoms with Gasteiger partial charge in [0, 0.05) is 29.5 Å². The van der Waals surface area contributed by atoms with Gasteiger partial charge in [-0.1, -0.05) is 17.7 Å². The summed E-state index contributed by atoms with van der Waals surface area (Å²) in [5.74, 6) is -0.331. The zero-order valence-corrected chi connectivity index (χ0v) is 13.5. The first-order chi connectivity index (χ1) is 11.0. The number of nitrogens with zero attached hydrogens (tertiary/aromatic N) is 3. The summed E-state index contributed by atoms with van der Waals surface area (Å²) in [4.78, 5) is 23.9. The van der Waals surface area contributed by atoms with Crippen LogP contribution in [0.25, 0.3) is 11.4 Å². The smallest absolute Gasteiger partial charge is 0.280 e. The molecule has 0 aliphatic rings. The van der Waals surface area contributed by atoms with Crippen LogP contribution in [-0.4, -0.2) is 20.4 Å². The maximum atomic E-state index is 12.2. The number of carbonyl (C=O) groups is 1. The van der Waals surface area contributed by atoms with Crippen LogP contribution >= 0.6 is 11.6 Å². The van der Waals surface area contributed by atoms with E-state index in [2.05, 4.69) is 15.0 Å². The number of imidazole rings is 1. The molecule has 0 fully saturated rings. The van der Waals surface area contributed by atoms with Crippen LogP contribution in [0, 0.1) is 6.92 Å². The number of benzene rings is 1. The van der Waals surface area contributed by atoms with E-state index in [9.17, 15) is 4.79 Å². The minimum atomic E-state index is -0.331. The molecule has 0 bridgehead atoms. The van der Waals surface area contributed by atoms with Gasteiger partial charge in [0.05, 0.1) is 11.4 Å². The highest BCUT2D eigenvalue weighted by Gasteiger charge is 2.07. The second kappa shape index (κ2) is 6.22. The van der Waals surface area contributed by atoms with E-state index in [4.69, 9.17) is 11.6 Å². The summed E-state index contributed by atoms with van der Waals surface area (Å²) in [5, 5.41) is 0.583. The fourth-order valence-corrected chi connectivity index (χ4v) is 2.30. The summed E-state index contributed by atoms with van der Waals surface area (Å²) >= 11 is 5.83. The summed E-state index contributed by atoms with van der Waals surface area (Å²) in [6.07, 6.45) is 1.86. The summed E-state index contributed by atoms with van der Waals surface area (Å²) < 4.78 is 1.76. The number of hydrogen-bond acceptors (Lipinski definition) is 2. The van der Waals surface area contributed by atoms with Gasteiger partial charge in [-0.2, -0.15) is 4.99 Å². The van der Waals surface area contributed by atoms with E-state index >= 15 is 0 Å². The number of halogens is 1. The molecule has 0 unspecified atom stereocenters. The van der Waals surface area contributed by atoms with Crippen molar-refractivity contribution in [3.63, 3.8) is 0 Å². The highest BCUT2D eigenvalue weighted by atomic mass is 35.5. The number of amides is 1. The van der Waals surface area contributed by atoms with Gasteiger partial charge in [-0.3, -0.25) is 9.78 Å². The van der Waals surface area contributed by atoms with Gasteiger partial charge in [-0.15, -0.1) is 0 Å². The van der Waals surface area contributed by atoms with Crippen molar-refractivity contribution in [2.75, 3.05) is 0 Å². The van der Waals surface area contributed by atoms with Crippen molar-refractivity contribution in [1.29, 1.82) is 0 Å². The van der Waals surface area contributed by atoms with Gasteiger partial charge in [-0.25, -0.2) is 0 Å². The normalized spacial score (nSPS) is 11.7. The lowest BCUT2D eigenvalue weighted by Gasteiger charge is -1.97. The molecule has 0 saturated carbocycles. The molecule has 5 nitrogen and oxygen atoms in total. The van der Waals surface area contributed by atoms with Crippen LogP contribution in [0.3, 0.4) is 0 Å². The molecule has 1 aromatic carbocycles. The first kappa shape index (κ1) is 15.2. The average Bonchev–Trinajstić information content (AvgIpc) is 2.89. The molecule has 0 radical (unpaired) electrons. The second-order valence-electron chi connectivity index (χ2n) is 5.19. The number of aryl methyl sites for hydroxylation is 2. The highest BCUT2D eigenvalue weighted by molar-refractivity contribution is 6.30. The predicted molar refractivity (Wildman–Crippen MR) is 89.1 cm³/mol. The molecule has 3 rings (SSSR count). The van der Waals surface area contributed by atoms with Crippen molar-refractivity contribution in [1.82, 2.24) is 14.5 Å². The molecule has 23 heavy (non-hydrogen) atoms. The Hall–Kier alpha value is -2.66. The topological polar surface area (TPSA) is 63.0 Å². The lowest BCUT2D eigenvalue weighted by atomic mass is 10.2. The van der Waals surface area contributed by atoms with Crippen molar-refractivity contribution >= 4 is 17.5 Å². The van der Waals surface area contributed by atoms with Gasteiger partial charge in [-0.05, 0) is 43.3 Å². The van der Waals surface area contributed by atoms with Crippen LogP contribution in [0.1, 0.15) is 16.1 Å². The van der Waals surface area contributed by atoms with Crippen molar-refractivity contribution < 1.29 is 4.79 Å². The molecule has 1 N–H and O–H groups in total. The number of pyridine rings is 1. The zero-order chi connectivity index (χ0) is 16.4. The molecule has 0 saturated heterocycles. The minimum absolute atomic E-state index is 0.331. The maximum absolute atomic E-state index is 12.2. The van der Waals surface area contributed by atoms with Crippen LogP contribution in [-0.2, 0) is 7.05 Å². The Balaban J connectivity index is 1.97. The quantitative estimate of drug-likeness (QED) is 0.786. The molecule has 0 aliphatic carbocycles. The number of aromatic nitrogens is 3. The molecule has 0 spiro atoms. The van der Waals surface area contributed by atoms with E-state index in [0.29, 0.717) is 16.2 Å². The van der Waals surface area contributed by atoms with Crippen LogP contribution in [0.15, 0.2) is 53.7 Å². The Morgan fingerprint density at radius 1 is 1.22 bits per heavy atom. The molecular weight excluding hydrogens is 312 g/mol. The van der Waals surface area contributed by atoms with Crippen molar-refractivity contribution in [3.8, 4) is 11.4 Å². The molecule has 6 heteroatoms. The van der Waals surface area contributed by atoms with E-state index in [1.54, 1.807) is 28.8 Å². The molecule has 116 valence electrons. The number of hydrogen-bond donors (Lipinski definition) is 1. The van der Waals surface area contributed by atoms with Gasteiger partial charge >= 0.3 is 0 Å². The van der Waals surface area contributed by atoms with Gasteiger partial charge in [0.15, 0.2) is 0 Å². The number of aromatic amines is 1. The van der Waals surface area contributed by atoms with Crippen molar-refractivity contribution in [2.24, 2.45) is 12.0 Å². The van der Waals surface area contributed by atoms with Gasteiger partial charge in [0.25, 0.3) is 5.91 Å². The van der Waals surface area contributed by atoms with Crippen molar-refractivity contribution in [3.05, 3.63) is 70.6 Å². The fourth-order valence-electron chi connectivity index (χ4n) is 2.18.